The van der Waals surface area contributed by atoms with Crippen molar-refractivity contribution in [1.82, 2.24) is 9.78 Å². The van der Waals surface area contributed by atoms with E-state index in [4.69, 9.17) is 22.9 Å². The molecular formula is C13H10ClN3O2. The zero-order chi connectivity index (χ0) is 13.8. The SMILES string of the molecule is [C-]#[N+]c1c(Cl)cnn(Cc2ccc(OC)cc2)c1=O. The number of benzene rings is 1. The summed E-state index contributed by atoms with van der Waals surface area (Å²) < 4.78 is 6.26. The molecule has 0 amide bonds. The van der Waals surface area contributed by atoms with Crippen LogP contribution in [0.15, 0.2) is 35.3 Å². The Balaban J connectivity index is 2.34. The standard InChI is InChI=1S/C13H10ClN3O2/c1-15-12-11(14)7-16-17(13(12)18)8-9-3-5-10(19-2)6-4-9/h3-7H,8H2,2H3. The lowest BCUT2D eigenvalue weighted by molar-refractivity contribution is 0.414. The van der Waals surface area contributed by atoms with Crippen LogP contribution in [0.2, 0.25) is 5.02 Å². The molecule has 0 aliphatic heterocycles. The van der Waals surface area contributed by atoms with E-state index in [1.807, 2.05) is 12.1 Å². The molecule has 2 rings (SSSR count). The number of aromatic nitrogens is 2. The van der Waals surface area contributed by atoms with Gasteiger partial charge in [0.2, 0.25) is 0 Å². The van der Waals surface area contributed by atoms with E-state index in [-0.39, 0.29) is 17.3 Å². The van der Waals surface area contributed by atoms with Gasteiger partial charge in [-0.1, -0.05) is 23.7 Å². The molecule has 1 aromatic heterocycles. The fourth-order valence-electron chi connectivity index (χ4n) is 1.58. The maximum absolute atomic E-state index is 11.9. The van der Waals surface area contributed by atoms with Gasteiger partial charge in [-0.05, 0) is 17.7 Å². The van der Waals surface area contributed by atoms with E-state index in [0.717, 1.165) is 11.3 Å². The van der Waals surface area contributed by atoms with Crippen LogP contribution in [0.25, 0.3) is 4.85 Å². The van der Waals surface area contributed by atoms with Crippen molar-refractivity contribution in [2.45, 2.75) is 6.54 Å². The quantitative estimate of drug-likeness (QED) is 0.809. The molecular weight excluding hydrogens is 266 g/mol. The van der Waals surface area contributed by atoms with Crippen molar-refractivity contribution in [2.75, 3.05) is 7.11 Å². The van der Waals surface area contributed by atoms with Gasteiger partial charge in [0.1, 0.15) is 5.75 Å². The second-order valence-corrected chi connectivity index (χ2v) is 4.17. The highest BCUT2D eigenvalue weighted by Crippen LogP contribution is 2.18. The van der Waals surface area contributed by atoms with Crippen molar-refractivity contribution in [3.8, 4) is 5.75 Å². The van der Waals surface area contributed by atoms with E-state index in [1.54, 1.807) is 19.2 Å². The fraction of sp³-hybridized carbons (Fsp3) is 0.154. The second kappa shape index (κ2) is 5.55. The molecule has 96 valence electrons. The number of methoxy groups -OCH3 is 1. The first-order valence-electron chi connectivity index (χ1n) is 5.41. The van der Waals surface area contributed by atoms with Gasteiger partial charge < -0.3 is 4.74 Å². The lowest BCUT2D eigenvalue weighted by Crippen LogP contribution is -2.22. The van der Waals surface area contributed by atoms with Gasteiger partial charge in [-0.2, -0.15) is 5.10 Å². The maximum atomic E-state index is 11.9. The molecule has 0 radical (unpaired) electrons. The van der Waals surface area contributed by atoms with Crippen molar-refractivity contribution >= 4 is 17.3 Å². The Bertz CT molecular complexity index is 687. The molecule has 0 saturated heterocycles. The number of hydrogen-bond donors (Lipinski definition) is 0. The molecule has 0 saturated carbocycles. The first-order chi connectivity index (χ1) is 9.15. The smallest absolute Gasteiger partial charge is 0.274 e. The predicted octanol–water partition coefficient (Wildman–Crippen LogP) is 2.50. The molecule has 0 unspecified atom stereocenters. The first kappa shape index (κ1) is 13.1. The molecule has 0 bridgehead atoms. The normalized spacial score (nSPS) is 9.95. The monoisotopic (exact) mass is 275 g/mol. The van der Waals surface area contributed by atoms with E-state index in [2.05, 4.69) is 9.94 Å². The Morgan fingerprint density at radius 3 is 2.68 bits per heavy atom. The minimum Gasteiger partial charge on any atom is -0.497 e. The van der Waals surface area contributed by atoms with Crippen LogP contribution in [0.3, 0.4) is 0 Å². The summed E-state index contributed by atoms with van der Waals surface area (Å²) in [4.78, 5) is 15.0. The summed E-state index contributed by atoms with van der Waals surface area (Å²) in [6, 6.07) is 7.26. The molecule has 5 nitrogen and oxygen atoms in total. The lowest BCUT2D eigenvalue weighted by atomic mass is 10.2. The average molecular weight is 276 g/mol. The molecule has 1 aromatic carbocycles. The van der Waals surface area contributed by atoms with Crippen molar-refractivity contribution in [3.05, 3.63) is 62.8 Å². The molecule has 19 heavy (non-hydrogen) atoms. The minimum atomic E-state index is -0.488. The largest absolute Gasteiger partial charge is 0.497 e. The molecule has 0 aliphatic rings. The maximum Gasteiger partial charge on any atom is 0.274 e. The number of nitrogens with zero attached hydrogens (tertiary/aromatic N) is 3. The van der Waals surface area contributed by atoms with Crippen LogP contribution < -0.4 is 10.3 Å². The van der Waals surface area contributed by atoms with E-state index in [0.29, 0.717) is 0 Å². The topological polar surface area (TPSA) is 48.5 Å². The van der Waals surface area contributed by atoms with Crippen LogP contribution in [-0.4, -0.2) is 16.9 Å². The van der Waals surface area contributed by atoms with E-state index < -0.39 is 5.56 Å². The summed E-state index contributed by atoms with van der Waals surface area (Å²) in [5.74, 6) is 0.738. The Kier molecular flexibility index (Phi) is 3.83. The van der Waals surface area contributed by atoms with Crippen LogP contribution in [0.5, 0.6) is 5.75 Å². The van der Waals surface area contributed by atoms with Crippen molar-refractivity contribution in [3.63, 3.8) is 0 Å². The number of rotatable bonds is 3. The Morgan fingerprint density at radius 2 is 2.11 bits per heavy atom. The summed E-state index contributed by atoms with van der Waals surface area (Å²) in [7, 11) is 1.59. The van der Waals surface area contributed by atoms with E-state index in [9.17, 15) is 4.79 Å². The highest BCUT2D eigenvalue weighted by atomic mass is 35.5. The van der Waals surface area contributed by atoms with E-state index in [1.165, 1.54) is 10.9 Å². The fourth-order valence-corrected chi connectivity index (χ4v) is 1.74. The zero-order valence-corrected chi connectivity index (χ0v) is 10.9. The number of ether oxygens (including phenoxy) is 1. The third-order valence-electron chi connectivity index (χ3n) is 2.58. The highest BCUT2D eigenvalue weighted by molar-refractivity contribution is 6.33. The third kappa shape index (κ3) is 2.75. The van der Waals surface area contributed by atoms with Crippen LogP contribution in [-0.2, 0) is 6.54 Å². The van der Waals surface area contributed by atoms with Gasteiger partial charge in [-0.25, -0.2) is 9.53 Å². The molecule has 1 heterocycles. The average Bonchev–Trinajstić information content (AvgIpc) is 2.43. The lowest BCUT2D eigenvalue weighted by Gasteiger charge is -2.06. The summed E-state index contributed by atoms with van der Waals surface area (Å²) in [5.41, 5.74) is 0.289. The molecule has 0 N–H and O–H groups in total. The van der Waals surface area contributed by atoms with Gasteiger partial charge in [0.15, 0.2) is 0 Å². The van der Waals surface area contributed by atoms with Crippen molar-refractivity contribution < 1.29 is 4.74 Å². The van der Waals surface area contributed by atoms with Crippen molar-refractivity contribution in [2.24, 2.45) is 0 Å². The van der Waals surface area contributed by atoms with E-state index >= 15 is 0 Å². The molecule has 0 aliphatic carbocycles. The predicted molar refractivity (Wildman–Crippen MR) is 71.9 cm³/mol. The number of hydrogen-bond acceptors (Lipinski definition) is 3. The zero-order valence-electron chi connectivity index (χ0n) is 10.1. The van der Waals surface area contributed by atoms with Crippen LogP contribution in [0, 0.1) is 6.57 Å². The summed E-state index contributed by atoms with van der Waals surface area (Å²) in [6.07, 6.45) is 1.31. The van der Waals surface area contributed by atoms with Gasteiger partial charge in [-0.15, -0.1) is 0 Å². The van der Waals surface area contributed by atoms with Gasteiger partial charge in [0, 0.05) is 0 Å². The molecule has 0 fully saturated rings. The van der Waals surface area contributed by atoms with Gasteiger partial charge in [-0.3, -0.25) is 4.79 Å². The van der Waals surface area contributed by atoms with Gasteiger partial charge in [0.05, 0.1) is 31.4 Å². The van der Waals surface area contributed by atoms with Crippen LogP contribution in [0.4, 0.5) is 5.69 Å². The Morgan fingerprint density at radius 1 is 1.42 bits per heavy atom. The number of halogens is 1. The third-order valence-corrected chi connectivity index (χ3v) is 2.85. The molecule has 0 spiro atoms. The Hall–Kier alpha value is -2.32. The molecule has 2 aromatic rings. The highest BCUT2D eigenvalue weighted by Gasteiger charge is 2.10. The molecule has 0 atom stereocenters. The van der Waals surface area contributed by atoms with Crippen LogP contribution >= 0.6 is 11.6 Å². The first-order valence-corrected chi connectivity index (χ1v) is 5.79. The van der Waals surface area contributed by atoms with Gasteiger partial charge >= 0.3 is 0 Å². The summed E-state index contributed by atoms with van der Waals surface area (Å²) >= 11 is 5.74. The summed E-state index contributed by atoms with van der Waals surface area (Å²) in [5, 5.41) is 4.00. The molecule has 6 heteroatoms. The summed E-state index contributed by atoms with van der Waals surface area (Å²) in [6.45, 7) is 7.22. The van der Waals surface area contributed by atoms with Crippen molar-refractivity contribution in [1.29, 1.82) is 0 Å². The Labute approximate surface area is 114 Å². The minimum absolute atomic E-state index is 0.0750. The van der Waals surface area contributed by atoms with Gasteiger partial charge in [0.25, 0.3) is 11.2 Å². The second-order valence-electron chi connectivity index (χ2n) is 3.76. The van der Waals surface area contributed by atoms with Crippen LogP contribution in [0.1, 0.15) is 5.56 Å².